The van der Waals surface area contributed by atoms with E-state index in [0.717, 1.165) is 37.0 Å². The lowest BCUT2D eigenvalue weighted by Gasteiger charge is -2.23. The molecular weight excluding hydrogens is 240 g/mol. The van der Waals surface area contributed by atoms with Gasteiger partial charge in [0.2, 0.25) is 0 Å². The van der Waals surface area contributed by atoms with Crippen molar-refractivity contribution in [2.24, 2.45) is 0 Å². The summed E-state index contributed by atoms with van der Waals surface area (Å²) in [5, 5.41) is 10.4. The first-order chi connectivity index (χ1) is 9.24. The molecule has 1 aliphatic carbocycles. The summed E-state index contributed by atoms with van der Waals surface area (Å²) in [4.78, 5) is 0. The van der Waals surface area contributed by atoms with Gasteiger partial charge in [0.25, 0.3) is 0 Å². The Morgan fingerprint density at radius 3 is 2.74 bits per heavy atom. The zero-order valence-corrected chi connectivity index (χ0v) is 11.8. The Bertz CT molecular complexity index is 381. The molecule has 0 aliphatic heterocycles. The van der Waals surface area contributed by atoms with Gasteiger partial charge in [-0.25, -0.2) is 0 Å². The van der Waals surface area contributed by atoms with E-state index in [-0.39, 0.29) is 6.10 Å². The fourth-order valence-electron chi connectivity index (χ4n) is 2.20. The quantitative estimate of drug-likeness (QED) is 0.781. The van der Waals surface area contributed by atoms with Crippen LogP contribution >= 0.6 is 0 Å². The van der Waals surface area contributed by atoms with Crippen LogP contribution < -0.4 is 4.74 Å². The van der Waals surface area contributed by atoms with Gasteiger partial charge in [-0.05, 0) is 43.9 Å². The van der Waals surface area contributed by atoms with Crippen molar-refractivity contribution in [2.45, 2.75) is 57.8 Å². The third-order valence-corrected chi connectivity index (χ3v) is 3.33. The summed E-state index contributed by atoms with van der Waals surface area (Å²) in [6, 6.07) is 7.76. The van der Waals surface area contributed by atoms with Crippen LogP contribution in [0, 0.1) is 0 Å². The first-order valence-corrected chi connectivity index (χ1v) is 7.30. The highest BCUT2D eigenvalue weighted by Crippen LogP contribution is 2.30. The average molecular weight is 264 g/mol. The van der Waals surface area contributed by atoms with E-state index in [1.54, 1.807) is 0 Å². The lowest BCUT2D eigenvalue weighted by Crippen LogP contribution is -2.22. The van der Waals surface area contributed by atoms with E-state index >= 15 is 0 Å². The van der Waals surface area contributed by atoms with Crippen molar-refractivity contribution in [1.29, 1.82) is 0 Å². The minimum Gasteiger partial charge on any atom is -0.490 e. The van der Waals surface area contributed by atoms with Crippen molar-refractivity contribution in [3.63, 3.8) is 0 Å². The topological polar surface area (TPSA) is 38.7 Å². The molecule has 106 valence electrons. The lowest BCUT2D eigenvalue weighted by molar-refractivity contribution is -0.0385. The number of hydrogen-bond acceptors (Lipinski definition) is 3. The Kier molecular flexibility index (Phi) is 5.23. The van der Waals surface area contributed by atoms with Gasteiger partial charge in [0.05, 0.1) is 12.2 Å². The third kappa shape index (κ3) is 4.22. The molecule has 0 bridgehead atoms. The van der Waals surface area contributed by atoms with E-state index in [0.29, 0.717) is 12.7 Å². The molecule has 0 spiro atoms. The summed E-state index contributed by atoms with van der Waals surface area (Å²) in [6.45, 7) is 4.69. The summed E-state index contributed by atoms with van der Waals surface area (Å²) in [5.74, 6) is 0.853. The molecule has 2 unspecified atom stereocenters. The zero-order valence-electron chi connectivity index (χ0n) is 11.8. The maximum atomic E-state index is 10.4. The van der Waals surface area contributed by atoms with E-state index in [2.05, 4.69) is 6.92 Å². The summed E-state index contributed by atoms with van der Waals surface area (Å²) in [6.07, 6.45) is 3.82. The number of aliphatic hydroxyl groups is 1. The monoisotopic (exact) mass is 264 g/mol. The maximum Gasteiger partial charge on any atom is 0.120 e. The van der Waals surface area contributed by atoms with Gasteiger partial charge in [-0.3, -0.25) is 0 Å². The summed E-state index contributed by atoms with van der Waals surface area (Å²) >= 11 is 0. The van der Waals surface area contributed by atoms with Gasteiger partial charge >= 0.3 is 0 Å². The van der Waals surface area contributed by atoms with Crippen LogP contribution in [0.4, 0.5) is 0 Å². The number of benzene rings is 1. The van der Waals surface area contributed by atoms with Gasteiger partial charge < -0.3 is 14.6 Å². The van der Waals surface area contributed by atoms with Crippen molar-refractivity contribution in [1.82, 2.24) is 0 Å². The Balaban J connectivity index is 2.04. The number of aliphatic hydroxyl groups excluding tert-OH is 1. The Labute approximate surface area is 115 Å². The molecule has 0 amide bonds. The fourth-order valence-corrected chi connectivity index (χ4v) is 2.20. The van der Waals surface area contributed by atoms with E-state index in [1.807, 2.05) is 31.2 Å². The van der Waals surface area contributed by atoms with Crippen molar-refractivity contribution in [3.8, 4) is 5.75 Å². The second kappa shape index (κ2) is 6.92. The van der Waals surface area contributed by atoms with Gasteiger partial charge in [0.15, 0.2) is 0 Å². The molecule has 1 aromatic rings. The minimum absolute atomic E-state index is 0.133. The van der Waals surface area contributed by atoms with Crippen molar-refractivity contribution >= 4 is 0 Å². The third-order valence-electron chi connectivity index (χ3n) is 3.33. The van der Waals surface area contributed by atoms with Gasteiger partial charge in [0.1, 0.15) is 11.9 Å². The Hall–Kier alpha value is -1.06. The molecule has 1 aliphatic rings. The first-order valence-electron chi connectivity index (χ1n) is 7.30. The molecular formula is C16H24O3. The molecule has 1 saturated carbocycles. The highest BCUT2D eigenvalue weighted by Gasteiger charge is 2.25. The summed E-state index contributed by atoms with van der Waals surface area (Å²) in [7, 11) is 0. The maximum absolute atomic E-state index is 10.4. The van der Waals surface area contributed by atoms with Crippen molar-refractivity contribution in [3.05, 3.63) is 29.8 Å². The predicted octanol–water partition coefficient (Wildman–Crippen LogP) is 3.47. The zero-order chi connectivity index (χ0) is 13.7. The molecule has 0 aromatic heterocycles. The van der Waals surface area contributed by atoms with E-state index in [9.17, 15) is 5.11 Å². The molecule has 19 heavy (non-hydrogen) atoms. The largest absolute Gasteiger partial charge is 0.490 e. The number of hydrogen-bond donors (Lipinski definition) is 1. The molecule has 2 rings (SSSR count). The van der Waals surface area contributed by atoms with Gasteiger partial charge in [-0.15, -0.1) is 0 Å². The molecule has 1 N–H and O–H groups in total. The first kappa shape index (κ1) is 14.4. The molecule has 0 saturated heterocycles. The van der Waals surface area contributed by atoms with Crippen LogP contribution in [0.5, 0.6) is 5.75 Å². The Morgan fingerprint density at radius 1 is 1.32 bits per heavy atom. The molecule has 0 heterocycles. The van der Waals surface area contributed by atoms with E-state index < -0.39 is 6.10 Å². The smallest absolute Gasteiger partial charge is 0.120 e. The van der Waals surface area contributed by atoms with Crippen LogP contribution in [-0.4, -0.2) is 23.9 Å². The van der Waals surface area contributed by atoms with E-state index in [1.165, 1.54) is 0 Å². The molecule has 1 fully saturated rings. The van der Waals surface area contributed by atoms with Crippen LogP contribution in [0.25, 0.3) is 0 Å². The van der Waals surface area contributed by atoms with Gasteiger partial charge in [0, 0.05) is 6.61 Å². The normalized spacial score (nSPS) is 18.1. The van der Waals surface area contributed by atoms with Gasteiger partial charge in [-0.1, -0.05) is 25.5 Å². The summed E-state index contributed by atoms with van der Waals surface area (Å²) < 4.78 is 11.4. The molecule has 1 aromatic carbocycles. The molecule has 0 radical (unpaired) electrons. The van der Waals surface area contributed by atoms with E-state index in [4.69, 9.17) is 9.47 Å². The molecule has 3 nitrogen and oxygen atoms in total. The van der Waals surface area contributed by atoms with Crippen LogP contribution in [0.1, 0.15) is 51.2 Å². The highest BCUT2D eigenvalue weighted by molar-refractivity contribution is 5.30. The second-order valence-corrected chi connectivity index (χ2v) is 5.12. The number of rotatable bonds is 8. The van der Waals surface area contributed by atoms with Gasteiger partial charge in [-0.2, -0.15) is 0 Å². The lowest BCUT2D eigenvalue weighted by atomic mass is 10.0. The van der Waals surface area contributed by atoms with Crippen LogP contribution in [0.3, 0.4) is 0 Å². The van der Waals surface area contributed by atoms with Crippen molar-refractivity contribution in [2.75, 3.05) is 6.61 Å². The van der Waals surface area contributed by atoms with Crippen LogP contribution in [-0.2, 0) is 4.74 Å². The van der Waals surface area contributed by atoms with Crippen LogP contribution in [0.2, 0.25) is 0 Å². The van der Waals surface area contributed by atoms with Crippen molar-refractivity contribution < 1.29 is 14.6 Å². The average Bonchev–Trinajstić information content (AvgIpc) is 3.22. The molecule has 2 atom stereocenters. The highest BCUT2D eigenvalue weighted by atomic mass is 16.5. The minimum atomic E-state index is -0.581. The molecule has 3 heteroatoms. The SMILES string of the molecule is CCCC(OCC)C(O)c1cccc(OC2CC2)c1. The van der Waals surface area contributed by atoms with Crippen LogP contribution in [0.15, 0.2) is 24.3 Å². The Morgan fingerprint density at radius 2 is 2.11 bits per heavy atom. The fraction of sp³-hybridized carbons (Fsp3) is 0.625. The summed E-state index contributed by atoms with van der Waals surface area (Å²) in [5.41, 5.74) is 0.880. The standard InChI is InChI=1S/C16H24O3/c1-3-6-15(18-4-2)16(17)12-7-5-8-14(11-12)19-13-9-10-13/h5,7-8,11,13,15-17H,3-4,6,9-10H2,1-2H3. The second-order valence-electron chi connectivity index (χ2n) is 5.12. The predicted molar refractivity (Wildman–Crippen MR) is 75.4 cm³/mol. The number of ether oxygens (including phenoxy) is 2.